The van der Waals surface area contributed by atoms with Crippen molar-refractivity contribution >= 4 is 126 Å². The maximum absolute atomic E-state index is 14.2. The first kappa shape index (κ1) is 68.0. The highest BCUT2D eigenvalue weighted by molar-refractivity contribution is 7.99. The number of nitro benzene ring substituents is 3. The van der Waals surface area contributed by atoms with Gasteiger partial charge in [-0.2, -0.15) is 0 Å². The van der Waals surface area contributed by atoms with Gasteiger partial charge in [0.2, 0.25) is 17.7 Å². The Kier molecular flexibility index (Phi) is 22.3. The Balaban J connectivity index is 0.950. The highest BCUT2D eigenvalue weighted by atomic mass is 32.2. The topological polar surface area (TPSA) is 431 Å². The molecule has 0 bridgehead atoms. The van der Waals surface area contributed by atoms with Gasteiger partial charge in [0.25, 0.3) is 17.1 Å². The molecule has 6 aromatic carbocycles. The van der Waals surface area contributed by atoms with Crippen LogP contribution in [0.15, 0.2) is 175 Å². The van der Waals surface area contributed by atoms with Crippen molar-refractivity contribution in [1.82, 2.24) is 36.2 Å². The summed E-state index contributed by atoms with van der Waals surface area (Å²) in [6.45, 7) is -1.13. The third kappa shape index (κ3) is 17.4. The van der Waals surface area contributed by atoms with Gasteiger partial charge in [-0.15, -0.1) is 0 Å². The molecule has 94 heavy (non-hydrogen) atoms. The van der Waals surface area contributed by atoms with Crippen LogP contribution in [0.25, 0.3) is 32.7 Å². The molecule has 3 aromatic heterocycles. The number of carboxylic acids is 3. The van der Waals surface area contributed by atoms with Gasteiger partial charge in [-0.05, 0) is 90.6 Å². The summed E-state index contributed by atoms with van der Waals surface area (Å²) in [5, 5.41) is 80.3. The minimum atomic E-state index is -1.67. The number of Topliss-reactive ketones (excluding diaryl/α,β-unsaturated/α-hetero) is 1. The lowest BCUT2D eigenvalue weighted by molar-refractivity contribution is -0.385. The Hall–Kier alpha value is -10.4. The number of benzene rings is 6. The van der Waals surface area contributed by atoms with E-state index in [0.717, 1.165) is 0 Å². The highest BCUT2D eigenvalue weighted by Crippen LogP contribution is 2.39. The van der Waals surface area contributed by atoms with Gasteiger partial charge < -0.3 is 52.0 Å². The second kappa shape index (κ2) is 30.8. The number of carbonyl (C=O) groups excluding carboxylic acids is 4. The van der Waals surface area contributed by atoms with Crippen LogP contribution in [0.3, 0.4) is 0 Å². The lowest BCUT2D eigenvalue weighted by Gasteiger charge is -2.35. The molecule has 27 nitrogen and oxygen atoms in total. The monoisotopic (exact) mass is 1340 g/mol. The van der Waals surface area contributed by atoms with Crippen molar-refractivity contribution < 1.29 is 63.7 Å². The third-order valence-electron chi connectivity index (χ3n) is 15.6. The third-order valence-corrected chi connectivity index (χ3v) is 18.8. The number of carboxylic acid groups (broad SMARTS) is 3. The van der Waals surface area contributed by atoms with Gasteiger partial charge in [0.05, 0.1) is 42.9 Å². The molecule has 0 aliphatic rings. The zero-order valence-electron chi connectivity index (χ0n) is 49.7. The molecule has 0 saturated carbocycles. The predicted molar refractivity (Wildman–Crippen MR) is 349 cm³/mol. The fraction of sp³-hybridized carbons (Fsp3) is 0.234. The van der Waals surface area contributed by atoms with E-state index >= 15 is 0 Å². The van der Waals surface area contributed by atoms with Gasteiger partial charge in [-0.3, -0.25) is 59.6 Å². The molecule has 9 rings (SSSR count). The molecule has 12 N–H and O–H groups in total. The molecular formula is C64H61N11O16S3. The van der Waals surface area contributed by atoms with Crippen molar-refractivity contribution in [3.8, 4) is 0 Å². The number of aromatic nitrogens is 3. The summed E-state index contributed by atoms with van der Waals surface area (Å²) < 4.78 is 0. The van der Waals surface area contributed by atoms with E-state index < -0.39 is 112 Å². The van der Waals surface area contributed by atoms with Gasteiger partial charge in [0.1, 0.15) is 23.9 Å². The maximum atomic E-state index is 14.2. The van der Waals surface area contributed by atoms with Crippen LogP contribution in [0.5, 0.6) is 0 Å². The summed E-state index contributed by atoms with van der Waals surface area (Å²) in [7, 11) is 0. The molecule has 0 spiro atoms. The molecule has 3 heterocycles. The van der Waals surface area contributed by atoms with Crippen molar-refractivity contribution in [2.24, 2.45) is 5.73 Å². The SMILES string of the molecule is NCC(=O)NC(CCC(=O)CNC(Cc1c(Sc2ccc([N+](=O)[O-])cc2)[nH]c2ccccc12)C(=O)O)(CCC(=O)NC(Cc1c(Sc2ccc([N+](=O)[O-])cc2)[nH]c2ccccc12)C(=O)O)CCC(=O)NC(Cc1c(Sc2ccc([N+](=O)[O-])cc2)[nH]c2ccccc12)C(=O)O. The average molecular weight is 1340 g/mol. The second-order valence-corrected chi connectivity index (χ2v) is 25.1. The summed E-state index contributed by atoms with van der Waals surface area (Å²) in [6, 6.07) is 34.0. The van der Waals surface area contributed by atoms with Crippen molar-refractivity contribution in [1.29, 1.82) is 0 Å². The molecule has 3 atom stereocenters. The maximum Gasteiger partial charge on any atom is 0.326 e. The summed E-state index contributed by atoms with van der Waals surface area (Å²) in [4.78, 5) is 139. The minimum absolute atomic E-state index is 0.120. The first-order chi connectivity index (χ1) is 45.0. The van der Waals surface area contributed by atoms with Crippen molar-refractivity contribution in [3.63, 3.8) is 0 Å². The molecular weight excluding hydrogens is 1270 g/mol. The van der Waals surface area contributed by atoms with Gasteiger partial charge in [0.15, 0.2) is 0 Å². The van der Waals surface area contributed by atoms with Gasteiger partial charge in [-0.25, -0.2) is 9.59 Å². The number of amides is 3. The number of nitrogens with one attached hydrogen (secondary N) is 7. The molecule has 0 fully saturated rings. The van der Waals surface area contributed by atoms with E-state index in [1.54, 1.807) is 109 Å². The number of nitrogens with zero attached hydrogens (tertiary/aromatic N) is 3. The van der Waals surface area contributed by atoms with Gasteiger partial charge in [0, 0.05) is 128 Å². The van der Waals surface area contributed by atoms with Crippen molar-refractivity contribution in [2.45, 2.75) is 111 Å². The zero-order chi connectivity index (χ0) is 67.2. The number of rotatable bonds is 34. The van der Waals surface area contributed by atoms with E-state index in [2.05, 4.69) is 36.2 Å². The van der Waals surface area contributed by atoms with E-state index in [0.29, 0.717) is 79.2 Å². The summed E-state index contributed by atoms with van der Waals surface area (Å²) in [6.07, 6.45) is -3.05. The summed E-state index contributed by atoms with van der Waals surface area (Å²) >= 11 is 3.60. The Morgan fingerprint density at radius 1 is 0.457 bits per heavy atom. The fourth-order valence-electron chi connectivity index (χ4n) is 10.8. The summed E-state index contributed by atoms with van der Waals surface area (Å²) in [5.74, 6) is -7.11. The number of ketones is 1. The Labute approximate surface area is 546 Å². The molecule has 3 amide bonds. The molecule has 486 valence electrons. The number of nitro groups is 3. The normalized spacial score (nSPS) is 12.9. The molecule has 0 aliphatic heterocycles. The molecule has 0 aliphatic carbocycles. The molecule has 0 saturated heterocycles. The van der Waals surface area contributed by atoms with Crippen LogP contribution in [-0.2, 0) is 52.8 Å². The largest absolute Gasteiger partial charge is 0.480 e. The minimum Gasteiger partial charge on any atom is -0.480 e. The van der Waals surface area contributed by atoms with E-state index in [1.807, 2.05) is 0 Å². The lowest BCUT2D eigenvalue weighted by Crippen LogP contribution is -2.53. The first-order valence-corrected chi connectivity index (χ1v) is 31.6. The standard InChI is InChI=1S/C64H61N11O16S3/c65-34-57(79)72-64(29-26-55(77)67-53(62(82)83)32-47-44-8-2-5-11-50(44)70-59(47)93-41-21-15-37(16-22-41)74(88)89,30-27-56(78)68-54(63(84)85)33-48-45-9-3-6-12-51(45)71-60(48)94-42-23-17-38(18-24-42)75(90)91)28-25-39(76)35-66-52(61(80)81)31-46-43-7-1-4-10-49(43)69-58(46)92-40-19-13-36(14-20-40)73(86)87/h1-24,52-54,66,69-71H,25-35,65H2,(H,67,77)(H,68,78)(H,72,79)(H,80,81)(H,82,83)(H,84,85). The number of nitrogens with two attached hydrogens (primary N) is 1. The van der Waals surface area contributed by atoms with Gasteiger partial charge in [-0.1, -0.05) is 89.9 Å². The zero-order valence-corrected chi connectivity index (χ0v) is 52.1. The number of carbonyl (C=O) groups is 7. The number of aliphatic carboxylic acids is 3. The van der Waals surface area contributed by atoms with Gasteiger partial charge >= 0.3 is 17.9 Å². The smallest absolute Gasteiger partial charge is 0.326 e. The predicted octanol–water partition coefficient (Wildman–Crippen LogP) is 9.24. The quantitative estimate of drug-likeness (QED) is 0.0132. The van der Waals surface area contributed by atoms with E-state index in [9.17, 15) is 79.2 Å². The number of aromatic amines is 3. The van der Waals surface area contributed by atoms with E-state index in [4.69, 9.17) is 5.73 Å². The van der Waals surface area contributed by atoms with Crippen LogP contribution in [0.1, 0.15) is 55.2 Å². The van der Waals surface area contributed by atoms with Crippen molar-refractivity contribution in [2.75, 3.05) is 13.1 Å². The summed E-state index contributed by atoms with van der Waals surface area (Å²) in [5.41, 5.74) is 7.34. The number of fused-ring (bicyclic) bond motifs is 3. The Morgan fingerprint density at radius 3 is 1.10 bits per heavy atom. The molecule has 0 radical (unpaired) electrons. The van der Waals surface area contributed by atoms with Crippen LogP contribution in [0.4, 0.5) is 17.1 Å². The first-order valence-electron chi connectivity index (χ1n) is 29.1. The van der Waals surface area contributed by atoms with Crippen molar-refractivity contribution in [3.05, 3.63) is 193 Å². The highest BCUT2D eigenvalue weighted by Gasteiger charge is 2.36. The number of non-ortho nitro benzene ring substituents is 3. The molecule has 9 aromatic rings. The van der Waals surface area contributed by atoms with Crippen LogP contribution in [0.2, 0.25) is 0 Å². The fourth-order valence-corrected chi connectivity index (χ4v) is 13.7. The number of H-pyrrole nitrogens is 3. The van der Waals surface area contributed by atoms with Crippen LogP contribution in [0, 0.1) is 30.3 Å². The van der Waals surface area contributed by atoms with Crippen LogP contribution >= 0.6 is 35.3 Å². The van der Waals surface area contributed by atoms with Crippen LogP contribution < -0.4 is 27.0 Å². The molecule has 30 heteroatoms. The number of hydrogen-bond acceptors (Lipinski definition) is 18. The lowest BCUT2D eigenvalue weighted by atomic mass is 9.82. The Bertz CT molecular complexity index is 4170. The second-order valence-electron chi connectivity index (χ2n) is 21.9. The Morgan fingerprint density at radius 2 is 0.777 bits per heavy atom. The average Bonchev–Trinajstić information content (AvgIpc) is 1.66. The number of para-hydroxylation sites is 3. The molecule has 3 unspecified atom stereocenters. The van der Waals surface area contributed by atoms with E-state index in [-0.39, 0.29) is 55.6 Å². The van der Waals surface area contributed by atoms with E-state index in [1.165, 1.54) is 71.7 Å². The van der Waals surface area contributed by atoms with Crippen LogP contribution in [-0.4, -0.2) is 123 Å². The number of hydrogen-bond donors (Lipinski definition) is 11.